The summed E-state index contributed by atoms with van der Waals surface area (Å²) < 4.78 is 6.48. The lowest BCUT2D eigenvalue weighted by atomic mass is 10.1. The van der Waals surface area contributed by atoms with E-state index >= 15 is 0 Å². The summed E-state index contributed by atoms with van der Waals surface area (Å²) in [5.41, 5.74) is 2.68. The number of unbranched alkanes of at least 4 members (excludes halogenated alkanes) is 2. The Morgan fingerprint density at radius 3 is 2.57 bits per heavy atom. The number of ether oxygens (including phenoxy) is 1. The fraction of sp³-hybridized carbons (Fsp3) is 0.292. The van der Waals surface area contributed by atoms with Crippen LogP contribution in [0.5, 0.6) is 0 Å². The second-order valence-corrected chi connectivity index (χ2v) is 7.57. The van der Waals surface area contributed by atoms with Gasteiger partial charge in [-0.25, -0.2) is 9.78 Å². The smallest absolute Gasteiger partial charge is 0.337 e. The van der Waals surface area contributed by atoms with Crippen molar-refractivity contribution in [1.29, 1.82) is 0 Å². The van der Waals surface area contributed by atoms with E-state index in [0.29, 0.717) is 29.2 Å². The molecule has 6 heteroatoms. The third-order valence-corrected chi connectivity index (χ3v) is 5.17. The van der Waals surface area contributed by atoms with Gasteiger partial charge in [0.25, 0.3) is 5.56 Å². The summed E-state index contributed by atoms with van der Waals surface area (Å²) in [5, 5.41) is 0.640. The average molecular weight is 425 g/mol. The van der Waals surface area contributed by atoms with Gasteiger partial charge in [0.15, 0.2) is 0 Å². The highest BCUT2D eigenvalue weighted by molar-refractivity contribution is 6.30. The molecule has 0 bridgehead atoms. The Bertz CT molecular complexity index is 1070. The molecule has 0 aliphatic carbocycles. The topological polar surface area (TPSA) is 61.2 Å². The number of hydrogen-bond acceptors (Lipinski definition) is 4. The van der Waals surface area contributed by atoms with Gasteiger partial charge < -0.3 is 4.74 Å². The Kier molecular flexibility index (Phi) is 7.41. The normalized spacial score (nSPS) is 10.8. The number of halogens is 1. The number of hydrogen-bond donors (Lipinski definition) is 0. The maximum Gasteiger partial charge on any atom is 0.337 e. The first kappa shape index (κ1) is 21.8. The van der Waals surface area contributed by atoms with Crippen molar-refractivity contribution in [2.24, 2.45) is 0 Å². The average Bonchev–Trinajstić information content (AvgIpc) is 2.76. The molecule has 0 aliphatic heterocycles. The zero-order valence-corrected chi connectivity index (χ0v) is 18.0. The number of aromatic nitrogens is 2. The van der Waals surface area contributed by atoms with Gasteiger partial charge in [0.2, 0.25) is 0 Å². The van der Waals surface area contributed by atoms with Gasteiger partial charge in [-0.15, -0.1) is 0 Å². The molecule has 0 fully saturated rings. The molecule has 1 heterocycles. The number of carbonyl (C=O) groups is 1. The Hall–Kier alpha value is -2.92. The Morgan fingerprint density at radius 1 is 1.10 bits per heavy atom. The van der Waals surface area contributed by atoms with E-state index in [0.717, 1.165) is 36.2 Å². The number of methoxy groups -OCH3 is 1. The highest BCUT2D eigenvalue weighted by Gasteiger charge is 2.12. The lowest BCUT2D eigenvalue weighted by molar-refractivity contribution is 0.0600. The summed E-state index contributed by atoms with van der Waals surface area (Å²) in [4.78, 5) is 29.7. The van der Waals surface area contributed by atoms with Crippen LogP contribution in [0.3, 0.4) is 0 Å². The summed E-state index contributed by atoms with van der Waals surface area (Å²) in [6, 6.07) is 16.0. The Labute approximate surface area is 181 Å². The van der Waals surface area contributed by atoms with Crippen molar-refractivity contribution in [3.05, 3.63) is 86.9 Å². The standard InChI is InChI=1S/C24H25ClN2O3/c1-3-4-5-9-22-26-21(18-10-12-20(25)13-11-18)15-23(28)27(22)16-17-7-6-8-19(14-17)24(29)30-2/h6-8,10-15H,3-5,9,16H2,1-2H3. The van der Waals surface area contributed by atoms with Gasteiger partial charge in [-0.3, -0.25) is 9.36 Å². The maximum absolute atomic E-state index is 13.0. The molecule has 0 spiro atoms. The van der Waals surface area contributed by atoms with Crippen molar-refractivity contribution in [2.45, 2.75) is 39.2 Å². The number of esters is 1. The van der Waals surface area contributed by atoms with E-state index in [1.165, 1.54) is 7.11 Å². The van der Waals surface area contributed by atoms with E-state index in [1.807, 2.05) is 18.2 Å². The third kappa shape index (κ3) is 5.36. The molecular weight excluding hydrogens is 400 g/mol. The fourth-order valence-electron chi connectivity index (χ4n) is 3.31. The van der Waals surface area contributed by atoms with E-state index in [9.17, 15) is 9.59 Å². The first-order valence-electron chi connectivity index (χ1n) is 10.1. The number of aryl methyl sites for hydroxylation is 1. The summed E-state index contributed by atoms with van der Waals surface area (Å²) in [6.45, 7) is 2.49. The van der Waals surface area contributed by atoms with Crippen molar-refractivity contribution in [1.82, 2.24) is 9.55 Å². The van der Waals surface area contributed by atoms with Crippen molar-refractivity contribution < 1.29 is 9.53 Å². The summed E-state index contributed by atoms with van der Waals surface area (Å²) in [6.07, 6.45) is 3.82. The molecule has 0 radical (unpaired) electrons. The van der Waals surface area contributed by atoms with Crippen LogP contribution >= 0.6 is 11.6 Å². The number of nitrogens with zero attached hydrogens (tertiary/aromatic N) is 2. The van der Waals surface area contributed by atoms with E-state index in [1.54, 1.807) is 41.0 Å². The van der Waals surface area contributed by atoms with Crippen LogP contribution in [0.1, 0.15) is 47.9 Å². The van der Waals surface area contributed by atoms with E-state index in [4.69, 9.17) is 21.3 Å². The number of rotatable bonds is 8. The van der Waals surface area contributed by atoms with Crippen LogP contribution in [-0.4, -0.2) is 22.6 Å². The van der Waals surface area contributed by atoms with Crippen LogP contribution in [-0.2, 0) is 17.7 Å². The van der Waals surface area contributed by atoms with E-state index in [-0.39, 0.29) is 5.56 Å². The van der Waals surface area contributed by atoms with Crippen molar-refractivity contribution in [3.63, 3.8) is 0 Å². The predicted molar refractivity (Wildman–Crippen MR) is 119 cm³/mol. The zero-order valence-electron chi connectivity index (χ0n) is 17.2. The summed E-state index contributed by atoms with van der Waals surface area (Å²) in [7, 11) is 1.35. The molecule has 0 saturated heterocycles. The fourth-order valence-corrected chi connectivity index (χ4v) is 3.44. The minimum atomic E-state index is -0.399. The highest BCUT2D eigenvalue weighted by atomic mass is 35.5. The molecular formula is C24H25ClN2O3. The molecule has 2 aromatic carbocycles. The molecule has 0 unspecified atom stereocenters. The van der Waals surface area contributed by atoms with Gasteiger partial charge in [-0.05, 0) is 36.2 Å². The molecule has 3 aromatic rings. The van der Waals surface area contributed by atoms with Crippen molar-refractivity contribution in [2.75, 3.05) is 7.11 Å². The van der Waals surface area contributed by atoms with Gasteiger partial charge >= 0.3 is 5.97 Å². The van der Waals surface area contributed by atoms with E-state index in [2.05, 4.69) is 6.92 Å². The maximum atomic E-state index is 13.0. The highest BCUT2D eigenvalue weighted by Crippen LogP contribution is 2.20. The molecule has 156 valence electrons. The largest absolute Gasteiger partial charge is 0.465 e. The van der Waals surface area contributed by atoms with Gasteiger partial charge in [-0.2, -0.15) is 0 Å². The minimum Gasteiger partial charge on any atom is -0.465 e. The van der Waals surface area contributed by atoms with Crippen LogP contribution in [0, 0.1) is 0 Å². The van der Waals surface area contributed by atoms with Gasteiger partial charge in [0.05, 0.1) is 24.9 Å². The van der Waals surface area contributed by atoms with Crippen molar-refractivity contribution in [3.8, 4) is 11.3 Å². The Balaban J connectivity index is 1.99. The molecule has 0 atom stereocenters. The monoisotopic (exact) mass is 424 g/mol. The molecule has 30 heavy (non-hydrogen) atoms. The molecule has 0 amide bonds. The van der Waals surface area contributed by atoms with Crippen LogP contribution in [0.15, 0.2) is 59.4 Å². The first-order valence-corrected chi connectivity index (χ1v) is 10.4. The number of carbonyl (C=O) groups excluding carboxylic acids is 1. The molecule has 0 aliphatic rings. The molecule has 0 saturated carbocycles. The van der Waals surface area contributed by atoms with Gasteiger partial charge in [0.1, 0.15) is 5.82 Å². The van der Waals surface area contributed by atoms with Gasteiger partial charge in [0, 0.05) is 23.1 Å². The predicted octanol–water partition coefficient (Wildman–Crippen LogP) is 5.13. The van der Waals surface area contributed by atoms with Crippen LogP contribution in [0.2, 0.25) is 5.02 Å². The molecule has 0 N–H and O–H groups in total. The first-order chi connectivity index (χ1) is 14.5. The van der Waals surface area contributed by atoms with Crippen LogP contribution < -0.4 is 5.56 Å². The Morgan fingerprint density at radius 2 is 1.87 bits per heavy atom. The molecule has 3 rings (SSSR count). The summed E-state index contributed by atoms with van der Waals surface area (Å²) >= 11 is 5.99. The quantitative estimate of drug-likeness (QED) is 0.371. The molecule has 5 nitrogen and oxygen atoms in total. The van der Waals surface area contributed by atoms with E-state index < -0.39 is 5.97 Å². The SMILES string of the molecule is CCCCCc1nc(-c2ccc(Cl)cc2)cc(=O)n1Cc1cccc(C(=O)OC)c1. The summed E-state index contributed by atoms with van der Waals surface area (Å²) in [5.74, 6) is 0.341. The third-order valence-electron chi connectivity index (χ3n) is 4.92. The number of benzene rings is 2. The zero-order chi connectivity index (χ0) is 21.5. The van der Waals surface area contributed by atoms with Crippen LogP contribution in [0.25, 0.3) is 11.3 Å². The lowest BCUT2D eigenvalue weighted by Crippen LogP contribution is -2.25. The molecule has 1 aromatic heterocycles. The second-order valence-electron chi connectivity index (χ2n) is 7.14. The second kappa shape index (κ2) is 10.2. The van der Waals surface area contributed by atoms with Gasteiger partial charge in [-0.1, -0.05) is 55.6 Å². The lowest BCUT2D eigenvalue weighted by Gasteiger charge is -2.14. The van der Waals surface area contributed by atoms with Crippen molar-refractivity contribution >= 4 is 17.6 Å². The minimum absolute atomic E-state index is 0.120. The van der Waals surface area contributed by atoms with Crippen LogP contribution in [0.4, 0.5) is 0 Å².